The molecular weight excluding hydrogens is 284 g/mol. The lowest BCUT2D eigenvalue weighted by Crippen LogP contribution is -2.33. The molecule has 22 heavy (non-hydrogen) atoms. The number of nitrogens with zero attached hydrogens (tertiary/aromatic N) is 3. The average molecular weight is 302 g/mol. The van der Waals surface area contributed by atoms with Crippen molar-refractivity contribution in [3.63, 3.8) is 0 Å². The van der Waals surface area contributed by atoms with Gasteiger partial charge in [-0.1, -0.05) is 0 Å². The lowest BCUT2D eigenvalue weighted by Gasteiger charge is -2.25. The number of methoxy groups -OCH3 is 1. The van der Waals surface area contributed by atoms with Gasteiger partial charge in [-0.05, 0) is 25.0 Å². The first-order valence-electron chi connectivity index (χ1n) is 7.19. The fourth-order valence-electron chi connectivity index (χ4n) is 2.65. The van der Waals surface area contributed by atoms with E-state index in [1.807, 2.05) is 12.1 Å². The molecule has 0 aromatic carbocycles. The fraction of sp³-hybridized carbons (Fsp3) is 0.400. The molecule has 2 aromatic heterocycles. The molecule has 0 saturated carbocycles. The second-order valence-corrected chi connectivity index (χ2v) is 5.18. The molecule has 1 atom stereocenters. The summed E-state index contributed by atoms with van der Waals surface area (Å²) in [6, 6.07) is 4.11. The average Bonchev–Trinajstić information content (AvgIpc) is 3.19. The lowest BCUT2D eigenvalue weighted by atomic mass is 10.2. The van der Waals surface area contributed by atoms with Crippen molar-refractivity contribution in [2.45, 2.75) is 18.9 Å². The maximum atomic E-state index is 11.9. The third-order valence-electron chi connectivity index (χ3n) is 3.70. The number of carbonyl (C=O) groups excluding carboxylic acids is 1. The molecule has 0 unspecified atom stereocenters. The Morgan fingerprint density at radius 3 is 3.09 bits per heavy atom. The number of pyridine rings is 1. The summed E-state index contributed by atoms with van der Waals surface area (Å²) in [7, 11) is 1.71. The van der Waals surface area contributed by atoms with Crippen molar-refractivity contribution >= 4 is 17.4 Å². The van der Waals surface area contributed by atoms with E-state index in [4.69, 9.17) is 9.15 Å². The molecule has 0 aliphatic carbocycles. The molecule has 3 rings (SSSR count). The van der Waals surface area contributed by atoms with Gasteiger partial charge in [0.15, 0.2) is 12.1 Å². The number of rotatable bonds is 5. The van der Waals surface area contributed by atoms with Crippen molar-refractivity contribution in [1.82, 2.24) is 9.97 Å². The number of oxazole rings is 1. The van der Waals surface area contributed by atoms with Crippen LogP contribution in [0, 0.1) is 0 Å². The van der Waals surface area contributed by atoms with Gasteiger partial charge in [-0.2, -0.15) is 0 Å². The minimum atomic E-state index is -0.318. The first-order chi connectivity index (χ1) is 10.8. The predicted molar refractivity (Wildman–Crippen MR) is 80.9 cm³/mol. The summed E-state index contributed by atoms with van der Waals surface area (Å²) in [5.74, 6) is 0.584. The van der Waals surface area contributed by atoms with Crippen LogP contribution in [0.15, 0.2) is 35.4 Å². The lowest BCUT2D eigenvalue weighted by molar-refractivity contribution is 0.102. The van der Waals surface area contributed by atoms with Crippen molar-refractivity contribution in [3.05, 3.63) is 36.7 Å². The molecule has 1 fully saturated rings. The van der Waals surface area contributed by atoms with Crippen LogP contribution in [0.2, 0.25) is 0 Å². The molecule has 0 bridgehead atoms. The van der Waals surface area contributed by atoms with Gasteiger partial charge in [-0.3, -0.25) is 4.79 Å². The molecule has 3 heterocycles. The normalized spacial score (nSPS) is 17.7. The van der Waals surface area contributed by atoms with E-state index in [2.05, 4.69) is 20.2 Å². The second-order valence-electron chi connectivity index (χ2n) is 5.18. The standard InChI is InChI=1S/C15H18N4O3/c1-21-8-12-3-2-6-19(12)14-5-4-11(7-16-14)18-15(20)13-9-22-10-17-13/h4-5,7,9-10,12H,2-3,6,8H2,1H3,(H,18,20)/t12-/m1/s1. The SMILES string of the molecule is COC[C@H]1CCCN1c1ccc(NC(=O)c2cocn2)cn1. The van der Waals surface area contributed by atoms with E-state index in [0.717, 1.165) is 25.2 Å². The Kier molecular flexibility index (Phi) is 4.34. The van der Waals surface area contributed by atoms with Gasteiger partial charge in [0.1, 0.15) is 12.1 Å². The van der Waals surface area contributed by atoms with Gasteiger partial charge in [0.05, 0.1) is 24.5 Å². The molecule has 7 heteroatoms. The van der Waals surface area contributed by atoms with Gasteiger partial charge in [-0.15, -0.1) is 0 Å². The van der Waals surface area contributed by atoms with Crippen LogP contribution in [-0.2, 0) is 4.74 Å². The van der Waals surface area contributed by atoms with Gasteiger partial charge in [-0.25, -0.2) is 9.97 Å². The zero-order valence-corrected chi connectivity index (χ0v) is 12.4. The second kappa shape index (κ2) is 6.57. The number of hydrogen-bond acceptors (Lipinski definition) is 6. The Morgan fingerprint density at radius 2 is 2.41 bits per heavy atom. The summed E-state index contributed by atoms with van der Waals surface area (Å²) in [6.45, 7) is 1.68. The molecule has 7 nitrogen and oxygen atoms in total. The Morgan fingerprint density at radius 1 is 1.50 bits per heavy atom. The molecule has 1 saturated heterocycles. The largest absolute Gasteiger partial charge is 0.451 e. The molecule has 2 aromatic rings. The number of nitrogens with one attached hydrogen (secondary N) is 1. The van der Waals surface area contributed by atoms with Crippen LogP contribution in [0.1, 0.15) is 23.3 Å². The highest BCUT2D eigenvalue weighted by atomic mass is 16.5. The highest BCUT2D eigenvalue weighted by Gasteiger charge is 2.25. The molecular formula is C15H18N4O3. The number of ether oxygens (including phenoxy) is 1. The molecule has 1 aliphatic rings. The van der Waals surface area contributed by atoms with Crippen LogP contribution >= 0.6 is 0 Å². The molecule has 116 valence electrons. The van der Waals surface area contributed by atoms with Crippen LogP contribution in [0.5, 0.6) is 0 Å². The van der Waals surface area contributed by atoms with Crippen LogP contribution in [0.4, 0.5) is 11.5 Å². The molecule has 1 N–H and O–H groups in total. The third-order valence-corrected chi connectivity index (χ3v) is 3.70. The first-order valence-corrected chi connectivity index (χ1v) is 7.19. The smallest absolute Gasteiger partial charge is 0.277 e. The van der Waals surface area contributed by atoms with Crippen LogP contribution in [-0.4, -0.2) is 42.2 Å². The van der Waals surface area contributed by atoms with Crippen LogP contribution < -0.4 is 10.2 Å². The van der Waals surface area contributed by atoms with Gasteiger partial charge in [0, 0.05) is 13.7 Å². The molecule has 0 radical (unpaired) electrons. The van der Waals surface area contributed by atoms with Gasteiger partial charge >= 0.3 is 0 Å². The number of anilines is 2. The Labute approximate surface area is 128 Å². The van der Waals surface area contributed by atoms with Crippen molar-refractivity contribution in [1.29, 1.82) is 0 Å². The summed E-state index contributed by atoms with van der Waals surface area (Å²) < 4.78 is 10.0. The van der Waals surface area contributed by atoms with Gasteiger partial charge < -0.3 is 19.4 Å². The van der Waals surface area contributed by atoms with E-state index in [0.29, 0.717) is 18.3 Å². The molecule has 1 amide bonds. The number of aromatic nitrogens is 2. The van der Waals surface area contributed by atoms with Crippen LogP contribution in [0.25, 0.3) is 0 Å². The Bertz CT molecular complexity index is 612. The predicted octanol–water partition coefficient (Wildman–Crippen LogP) is 1.94. The molecule has 0 spiro atoms. The Hall–Kier alpha value is -2.41. The van der Waals surface area contributed by atoms with Gasteiger partial charge in [0.25, 0.3) is 5.91 Å². The maximum absolute atomic E-state index is 11.9. The van der Waals surface area contributed by atoms with E-state index < -0.39 is 0 Å². The van der Waals surface area contributed by atoms with Crippen molar-refractivity contribution in [2.24, 2.45) is 0 Å². The van der Waals surface area contributed by atoms with E-state index in [-0.39, 0.29) is 11.6 Å². The number of hydrogen-bond donors (Lipinski definition) is 1. The number of carbonyl (C=O) groups is 1. The van der Waals surface area contributed by atoms with E-state index in [1.54, 1.807) is 13.3 Å². The summed E-state index contributed by atoms with van der Waals surface area (Å²) in [5.41, 5.74) is 0.864. The summed E-state index contributed by atoms with van der Waals surface area (Å²) in [4.78, 5) is 22.3. The highest BCUT2D eigenvalue weighted by Crippen LogP contribution is 2.24. The van der Waals surface area contributed by atoms with Crippen molar-refractivity contribution in [2.75, 3.05) is 30.5 Å². The Balaban J connectivity index is 1.66. The minimum Gasteiger partial charge on any atom is -0.451 e. The fourth-order valence-corrected chi connectivity index (χ4v) is 2.65. The van der Waals surface area contributed by atoms with E-state index in [9.17, 15) is 4.79 Å². The topological polar surface area (TPSA) is 80.5 Å². The van der Waals surface area contributed by atoms with Gasteiger partial charge in [0.2, 0.25) is 0 Å². The summed E-state index contributed by atoms with van der Waals surface area (Å²) >= 11 is 0. The van der Waals surface area contributed by atoms with E-state index in [1.165, 1.54) is 12.7 Å². The maximum Gasteiger partial charge on any atom is 0.277 e. The monoisotopic (exact) mass is 302 g/mol. The quantitative estimate of drug-likeness (QED) is 0.909. The van der Waals surface area contributed by atoms with E-state index >= 15 is 0 Å². The minimum absolute atomic E-state index is 0.240. The number of amides is 1. The zero-order chi connectivity index (χ0) is 15.4. The summed E-state index contributed by atoms with van der Waals surface area (Å²) in [5, 5.41) is 2.73. The van der Waals surface area contributed by atoms with Crippen molar-refractivity contribution < 1.29 is 13.9 Å². The zero-order valence-electron chi connectivity index (χ0n) is 12.4. The first kappa shape index (κ1) is 14.5. The highest BCUT2D eigenvalue weighted by molar-refractivity contribution is 6.02. The van der Waals surface area contributed by atoms with Crippen molar-refractivity contribution in [3.8, 4) is 0 Å². The molecule has 1 aliphatic heterocycles. The third kappa shape index (κ3) is 3.09. The van der Waals surface area contributed by atoms with Crippen LogP contribution in [0.3, 0.4) is 0 Å². The summed E-state index contributed by atoms with van der Waals surface area (Å²) in [6.07, 6.45) is 6.42.